The Balaban J connectivity index is 1.54. The highest BCUT2D eigenvalue weighted by Gasteiger charge is 2.13. The molecule has 1 amide bonds. The summed E-state index contributed by atoms with van der Waals surface area (Å²) in [6, 6.07) is 19.6. The van der Waals surface area contributed by atoms with Crippen LogP contribution in [0.5, 0.6) is 0 Å². The van der Waals surface area contributed by atoms with Crippen molar-refractivity contribution in [1.29, 1.82) is 5.26 Å². The fourth-order valence-electron chi connectivity index (χ4n) is 2.83. The molecule has 2 aromatic carbocycles. The number of hydrogen-bond donors (Lipinski definition) is 1. The number of nitriles is 1. The number of benzene rings is 2. The van der Waals surface area contributed by atoms with Gasteiger partial charge in [0.05, 0.1) is 18.1 Å². The second kappa shape index (κ2) is 8.15. The monoisotopic (exact) mass is 381 g/mol. The minimum Gasteiger partial charge on any atom is -0.339 e. The van der Waals surface area contributed by atoms with Gasteiger partial charge >= 0.3 is 0 Å². The zero-order chi connectivity index (χ0) is 20.1. The summed E-state index contributed by atoms with van der Waals surface area (Å²) in [4.78, 5) is 21.0. The van der Waals surface area contributed by atoms with Gasteiger partial charge < -0.3 is 9.84 Å². The van der Waals surface area contributed by atoms with Gasteiger partial charge in [0, 0.05) is 29.2 Å². The standard InChI is InChI=1S/C22H15N5O2/c23-14-15-4-3-6-18(12-15)22(28)25-19-7-2-1-5-17(19)13-20-26-21(27-29-20)16-8-10-24-11-9-16/h1-12H,13H2,(H,25,28). The number of rotatable bonds is 5. The molecule has 140 valence electrons. The summed E-state index contributed by atoms with van der Waals surface area (Å²) in [5, 5.41) is 15.9. The zero-order valence-corrected chi connectivity index (χ0v) is 15.2. The van der Waals surface area contributed by atoms with Crippen molar-refractivity contribution in [3.63, 3.8) is 0 Å². The molecule has 0 fully saturated rings. The Hall–Kier alpha value is -4.31. The quantitative estimate of drug-likeness (QED) is 0.563. The van der Waals surface area contributed by atoms with E-state index in [1.165, 1.54) is 0 Å². The normalized spacial score (nSPS) is 10.3. The molecular formula is C22H15N5O2. The largest absolute Gasteiger partial charge is 0.339 e. The van der Waals surface area contributed by atoms with E-state index < -0.39 is 0 Å². The van der Waals surface area contributed by atoms with Crippen LogP contribution in [0.1, 0.15) is 27.4 Å². The van der Waals surface area contributed by atoms with Gasteiger partial charge in [-0.2, -0.15) is 10.2 Å². The van der Waals surface area contributed by atoms with E-state index >= 15 is 0 Å². The van der Waals surface area contributed by atoms with Crippen molar-refractivity contribution >= 4 is 11.6 Å². The predicted molar refractivity (Wildman–Crippen MR) is 106 cm³/mol. The van der Waals surface area contributed by atoms with Crippen LogP contribution >= 0.6 is 0 Å². The van der Waals surface area contributed by atoms with E-state index in [4.69, 9.17) is 9.78 Å². The third-order valence-corrected chi connectivity index (χ3v) is 4.27. The fraction of sp³-hybridized carbons (Fsp3) is 0.0455. The van der Waals surface area contributed by atoms with Crippen LogP contribution in [0.15, 0.2) is 77.6 Å². The molecule has 0 saturated carbocycles. The molecule has 0 aliphatic rings. The topological polar surface area (TPSA) is 105 Å². The van der Waals surface area contributed by atoms with E-state index in [2.05, 4.69) is 20.4 Å². The second-order valence-corrected chi connectivity index (χ2v) is 6.23. The molecule has 7 heteroatoms. The first-order valence-corrected chi connectivity index (χ1v) is 8.85. The van der Waals surface area contributed by atoms with Crippen molar-refractivity contribution in [3.8, 4) is 17.5 Å². The fourth-order valence-corrected chi connectivity index (χ4v) is 2.83. The van der Waals surface area contributed by atoms with Crippen molar-refractivity contribution in [2.75, 3.05) is 5.32 Å². The minimum absolute atomic E-state index is 0.294. The van der Waals surface area contributed by atoms with Crippen LogP contribution < -0.4 is 5.32 Å². The Kier molecular flexibility index (Phi) is 5.08. The first-order valence-electron chi connectivity index (χ1n) is 8.85. The van der Waals surface area contributed by atoms with Crippen molar-refractivity contribution in [2.24, 2.45) is 0 Å². The van der Waals surface area contributed by atoms with Crippen LogP contribution in [0.25, 0.3) is 11.4 Å². The minimum atomic E-state index is -0.294. The van der Waals surface area contributed by atoms with Gasteiger partial charge in [0.1, 0.15) is 0 Å². The molecule has 4 rings (SSSR count). The highest BCUT2D eigenvalue weighted by Crippen LogP contribution is 2.21. The number of pyridine rings is 1. The van der Waals surface area contributed by atoms with Crippen LogP contribution in [0.2, 0.25) is 0 Å². The Morgan fingerprint density at radius 1 is 1.07 bits per heavy atom. The molecule has 1 N–H and O–H groups in total. The van der Waals surface area contributed by atoms with E-state index in [-0.39, 0.29) is 5.91 Å². The van der Waals surface area contributed by atoms with Gasteiger partial charge in [-0.3, -0.25) is 9.78 Å². The first kappa shape index (κ1) is 18.1. The summed E-state index contributed by atoms with van der Waals surface area (Å²) >= 11 is 0. The molecule has 2 aromatic heterocycles. The molecule has 0 saturated heterocycles. The van der Waals surface area contributed by atoms with Gasteiger partial charge in [-0.15, -0.1) is 0 Å². The highest BCUT2D eigenvalue weighted by molar-refractivity contribution is 6.04. The zero-order valence-electron chi connectivity index (χ0n) is 15.2. The molecule has 2 heterocycles. The summed E-state index contributed by atoms with van der Waals surface area (Å²) in [6.07, 6.45) is 3.70. The summed E-state index contributed by atoms with van der Waals surface area (Å²) in [5.41, 5.74) is 3.14. The Bertz CT molecular complexity index is 1200. The molecule has 7 nitrogen and oxygen atoms in total. The van der Waals surface area contributed by atoms with Gasteiger partial charge in [0.2, 0.25) is 11.7 Å². The van der Waals surface area contributed by atoms with E-state index in [0.717, 1.165) is 11.1 Å². The van der Waals surface area contributed by atoms with E-state index in [1.807, 2.05) is 30.3 Å². The maximum absolute atomic E-state index is 12.6. The molecule has 0 bridgehead atoms. The van der Waals surface area contributed by atoms with Crippen molar-refractivity contribution < 1.29 is 9.32 Å². The number of carbonyl (C=O) groups excluding carboxylic acids is 1. The van der Waals surface area contributed by atoms with Gasteiger partial charge in [0.25, 0.3) is 5.91 Å². The van der Waals surface area contributed by atoms with Crippen molar-refractivity contribution in [2.45, 2.75) is 6.42 Å². The number of nitrogens with zero attached hydrogens (tertiary/aromatic N) is 4. The average molecular weight is 381 g/mol. The first-order chi connectivity index (χ1) is 14.2. The molecular weight excluding hydrogens is 366 g/mol. The smallest absolute Gasteiger partial charge is 0.255 e. The maximum Gasteiger partial charge on any atom is 0.255 e. The molecule has 0 radical (unpaired) electrons. The Labute approximate surface area is 166 Å². The van der Waals surface area contributed by atoms with E-state index in [1.54, 1.807) is 48.8 Å². The summed E-state index contributed by atoms with van der Waals surface area (Å²) < 4.78 is 5.37. The molecule has 4 aromatic rings. The molecule has 29 heavy (non-hydrogen) atoms. The SMILES string of the molecule is N#Cc1cccc(C(=O)Nc2ccccc2Cc2nc(-c3ccncc3)no2)c1. The number of carbonyl (C=O) groups is 1. The summed E-state index contributed by atoms with van der Waals surface area (Å²) in [5.74, 6) is 0.625. The van der Waals surface area contributed by atoms with Crippen LogP contribution in [0.3, 0.4) is 0 Å². The van der Waals surface area contributed by atoms with Gasteiger partial charge in [-0.05, 0) is 42.0 Å². The lowest BCUT2D eigenvalue weighted by molar-refractivity contribution is 0.102. The van der Waals surface area contributed by atoms with Crippen LogP contribution in [-0.4, -0.2) is 21.0 Å². The highest BCUT2D eigenvalue weighted by atomic mass is 16.5. The van der Waals surface area contributed by atoms with Crippen molar-refractivity contribution in [3.05, 3.63) is 95.6 Å². The van der Waals surface area contributed by atoms with Gasteiger partial charge in [-0.1, -0.05) is 29.4 Å². The summed E-state index contributed by atoms with van der Waals surface area (Å²) in [7, 11) is 0. The number of nitrogens with one attached hydrogen (secondary N) is 1. The lowest BCUT2D eigenvalue weighted by Crippen LogP contribution is -2.13. The third-order valence-electron chi connectivity index (χ3n) is 4.27. The lowest BCUT2D eigenvalue weighted by atomic mass is 10.1. The number of aromatic nitrogens is 3. The second-order valence-electron chi connectivity index (χ2n) is 6.23. The number of anilines is 1. The van der Waals surface area contributed by atoms with E-state index in [9.17, 15) is 4.79 Å². The van der Waals surface area contributed by atoms with Crippen LogP contribution in [0.4, 0.5) is 5.69 Å². The lowest BCUT2D eigenvalue weighted by Gasteiger charge is -2.10. The van der Waals surface area contributed by atoms with Gasteiger partial charge in [-0.25, -0.2) is 0 Å². The third kappa shape index (κ3) is 4.17. The van der Waals surface area contributed by atoms with Crippen LogP contribution in [-0.2, 0) is 6.42 Å². The predicted octanol–water partition coefficient (Wildman–Crippen LogP) is 3.85. The maximum atomic E-state index is 12.6. The van der Waals surface area contributed by atoms with Gasteiger partial charge in [0.15, 0.2) is 0 Å². The average Bonchev–Trinajstić information content (AvgIpc) is 3.24. The molecule has 0 aliphatic carbocycles. The van der Waals surface area contributed by atoms with Crippen LogP contribution in [0, 0.1) is 11.3 Å². The number of para-hydroxylation sites is 1. The Morgan fingerprint density at radius 3 is 2.72 bits per heavy atom. The Morgan fingerprint density at radius 2 is 1.90 bits per heavy atom. The number of amides is 1. The summed E-state index contributed by atoms with van der Waals surface area (Å²) in [6.45, 7) is 0. The molecule has 0 spiro atoms. The molecule has 0 atom stereocenters. The molecule has 0 aliphatic heterocycles. The molecule has 0 unspecified atom stereocenters. The number of hydrogen-bond acceptors (Lipinski definition) is 6. The van der Waals surface area contributed by atoms with E-state index in [0.29, 0.717) is 35.0 Å². The van der Waals surface area contributed by atoms with Crippen molar-refractivity contribution in [1.82, 2.24) is 15.1 Å².